The van der Waals surface area contributed by atoms with Gasteiger partial charge in [-0.2, -0.15) is 0 Å². The van der Waals surface area contributed by atoms with Gasteiger partial charge >= 0.3 is 0 Å². The Hall–Kier alpha value is -4.42. The van der Waals surface area contributed by atoms with Gasteiger partial charge in [0, 0.05) is 0 Å². The van der Waals surface area contributed by atoms with Gasteiger partial charge in [-0.1, -0.05) is 133 Å². The van der Waals surface area contributed by atoms with Crippen LogP contribution in [0.25, 0.3) is 65.3 Å². The van der Waals surface area contributed by atoms with Crippen LogP contribution in [-0.4, -0.2) is 0 Å². The Kier molecular flexibility index (Phi) is 4.25. The summed E-state index contributed by atoms with van der Waals surface area (Å²) in [7, 11) is 0. The highest BCUT2D eigenvalue weighted by molar-refractivity contribution is 6.25. The van der Waals surface area contributed by atoms with Crippen LogP contribution in [0.1, 0.15) is 0 Å². The number of fused-ring (bicyclic) bond motifs is 5. The van der Waals surface area contributed by atoms with Gasteiger partial charge in [-0.05, 0) is 65.3 Å². The SMILES string of the molecule is c1ccc2c(-c3c(-c4cccc5ccccc45)c4ccccc4c4ccccc34)cccc2c1. The molecule has 0 heterocycles. The molecule has 0 amide bonds. The molecule has 7 rings (SSSR count). The summed E-state index contributed by atoms with van der Waals surface area (Å²) in [6.07, 6.45) is 0. The monoisotopic (exact) mass is 430 g/mol. The number of benzene rings is 7. The van der Waals surface area contributed by atoms with Crippen molar-refractivity contribution in [3.63, 3.8) is 0 Å². The summed E-state index contributed by atoms with van der Waals surface area (Å²) >= 11 is 0. The van der Waals surface area contributed by atoms with Crippen LogP contribution in [0, 0.1) is 0 Å². The maximum atomic E-state index is 2.29. The van der Waals surface area contributed by atoms with Gasteiger partial charge in [0.2, 0.25) is 0 Å². The predicted molar refractivity (Wildman–Crippen MR) is 147 cm³/mol. The van der Waals surface area contributed by atoms with E-state index in [2.05, 4.69) is 133 Å². The molecule has 0 fully saturated rings. The molecule has 0 N–H and O–H groups in total. The highest BCUT2D eigenvalue weighted by Gasteiger charge is 2.19. The average Bonchev–Trinajstić information content (AvgIpc) is 2.92. The zero-order valence-electron chi connectivity index (χ0n) is 18.7. The first kappa shape index (κ1) is 19.1. The lowest BCUT2D eigenvalue weighted by molar-refractivity contribution is 1.67. The van der Waals surface area contributed by atoms with E-state index in [9.17, 15) is 0 Å². The quantitative estimate of drug-likeness (QED) is 0.239. The van der Waals surface area contributed by atoms with Crippen LogP contribution in [0.2, 0.25) is 0 Å². The molecule has 0 bridgehead atoms. The molecule has 0 saturated heterocycles. The van der Waals surface area contributed by atoms with Crippen LogP contribution in [0.15, 0.2) is 133 Å². The Labute approximate surface area is 198 Å². The molecular formula is C34H22. The summed E-state index contributed by atoms with van der Waals surface area (Å²) in [6, 6.07) is 48.5. The van der Waals surface area contributed by atoms with Crippen LogP contribution in [0.3, 0.4) is 0 Å². The molecule has 0 saturated carbocycles. The molecule has 0 radical (unpaired) electrons. The molecule has 0 atom stereocenters. The number of hydrogen-bond acceptors (Lipinski definition) is 0. The van der Waals surface area contributed by atoms with E-state index < -0.39 is 0 Å². The molecule has 0 heteroatoms. The molecule has 0 aliphatic rings. The predicted octanol–water partition coefficient (Wildman–Crippen LogP) is 9.63. The Morgan fingerprint density at radius 3 is 1.00 bits per heavy atom. The second-order valence-electron chi connectivity index (χ2n) is 8.89. The minimum absolute atomic E-state index is 1.26. The van der Waals surface area contributed by atoms with Crippen molar-refractivity contribution in [1.29, 1.82) is 0 Å². The second-order valence-corrected chi connectivity index (χ2v) is 8.89. The Bertz CT molecular complexity index is 1710. The fourth-order valence-electron chi connectivity index (χ4n) is 5.59. The highest BCUT2D eigenvalue weighted by Crippen LogP contribution is 2.47. The first-order chi connectivity index (χ1) is 16.9. The number of hydrogen-bond donors (Lipinski definition) is 0. The van der Waals surface area contributed by atoms with E-state index in [1.54, 1.807) is 0 Å². The van der Waals surface area contributed by atoms with E-state index in [1.165, 1.54) is 65.3 Å². The zero-order valence-corrected chi connectivity index (χ0v) is 18.7. The molecule has 7 aromatic rings. The minimum Gasteiger partial charge on any atom is -0.0616 e. The average molecular weight is 431 g/mol. The van der Waals surface area contributed by atoms with Gasteiger partial charge in [0.15, 0.2) is 0 Å². The Morgan fingerprint density at radius 1 is 0.235 bits per heavy atom. The molecule has 0 aliphatic heterocycles. The molecule has 0 unspecified atom stereocenters. The van der Waals surface area contributed by atoms with Crippen molar-refractivity contribution in [3.05, 3.63) is 133 Å². The fourth-order valence-corrected chi connectivity index (χ4v) is 5.59. The van der Waals surface area contributed by atoms with Crippen molar-refractivity contribution < 1.29 is 0 Å². The Morgan fingerprint density at radius 2 is 0.559 bits per heavy atom. The highest BCUT2D eigenvalue weighted by atomic mass is 14.2. The minimum atomic E-state index is 1.26. The van der Waals surface area contributed by atoms with Crippen molar-refractivity contribution in [2.24, 2.45) is 0 Å². The maximum absolute atomic E-state index is 2.29. The zero-order chi connectivity index (χ0) is 22.5. The molecule has 7 aromatic carbocycles. The van der Waals surface area contributed by atoms with Crippen molar-refractivity contribution in [3.8, 4) is 22.3 Å². The van der Waals surface area contributed by atoms with Crippen molar-refractivity contribution in [1.82, 2.24) is 0 Å². The summed E-state index contributed by atoms with van der Waals surface area (Å²) in [4.78, 5) is 0. The van der Waals surface area contributed by atoms with Gasteiger partial charge < -0.3 is 0 Å². The van der Waals surface area contributed by atoms with Gasteiger partial charge in [0.1, 0.15) is 0 Å². The van der Waals surface area contributed by atoms with E-state index in [0.29, 0.717) is 0 Å². The largest absolute Gasteiger partial charge is 0.0616 e. The maximum Gasteiger partial charge on any atom is -0.00139 e. The van der Waals surface area contributed by atoms with Gasteiger partial charge in [-0.25, -0.2) is 0 Å². The van der Waals surface area contributed by atoms with E-state index in [0.717, 1.165) is 0 Å². The van der Waals surface area contributed by atoms with Crippen molar-refractivity contribution in [2.45, 2.75) is 0 Å². The molecule has 158 valence electrons. The van der Waals surface area contributed by atoms with E-state index in [-0.39, 0.29) is 0 Å². The topological polar surface area (TPSA) is 0 Å². The standard InChI is InChI=1S/C34H22/c1-3-15-25-23(11-1)13-9-21-29(25)33-31-19-7-5-17-27(31)28-18-6-8-20-32(28)34(33)30-22-10-14-24-12-2-4-16-26(24)30/h1-22H. The van der Waals surface area contributed by atoms with E-state index in [1.807, 2.05) is 0 Å². The lowest BCUT2D eigenvalue weighted by Gasteiger charge is -2.20. The smallest absolute Gasteiger partial charge is 0.00139 e. The van der Waals surface area contributed by atoms with Gasteiger partial charge in [-0.3, -0.25) is 0 Å². The molecule has 0 spiro atoms. The van der Waals surface area contributed by atoms with Crippen molar-refractivity contribution >= 4 is 43.1 Å². The summed E-state index contributed by atoms with van der Waals surface area (Å²) < 4.78 is 0. The van der Waals surface area contributed by atoms with Gasteiger partial charge in [-0.15, -0.1) is 0 Å². The van der Waals surface area contributed by atoms with Crippen LogP contribution in [0.4, 0.5) is 0 Å². The van der Waals surface area contributed by atoms with Crippen LogP contribution < -0.4 is 0 Å². The summed E-state index contributed by atoms with van der Waals surface area (Å²) in [6.45, 7) is 0. The van der Waals surface area contributed by atoms with Gasteiger partial charge in [0.05, 0.1) is 0 Å². The molecule has 0 nitrogen and oxygen atoms in total. The second kappa shape index (κ2) is 7.57. The molecular weight excluding hydrogens is 408 g/mol. The fraction of sp³-hybridized carbons (Fsp3) is 0. The van der Waals surface area contributed by atoms with Crippen LogP contribution >= 0.6 is 0 Å². The molecule has 34 heavy (non-hydrogen) atoms. The summed E-state index contributed by atoms with van der Waals surface area (Å²) in [5.41, 5.74) is 5.18. The third kappa shape index (κ3) is 2.79. The third-order valence-corrected chi connectivity index (χ3v) is 7.05. The molecule has 0 aliphatic carbocycles. The lowest BCUT2D eigenvalue weighted by Crippen LogP contribution is -1.93. The first-order valence-electron chi connectivity index (χ1n) is 11.8. The summed E-state index contributed by atoms with van der Waals surface area (Å²) in [5, 5.41) is 10.3. The van der Waals surface area contributed by atoms with Crippen LogP contribution in [-0.2, 0) is 0 Å². The van der Waals surface area contributed by atoms with Crippen LogP contribution in [0.5, 0.6) is 0 Å². The van der Waals surface area contributed by atoms with E-state index in [4.69, 9.17) is 0 Å². The van der Waals surface area contributed by atoms with E-state index >= 15 is 0 Å². The summed E-state index contributed by atoms with van der Waals surface area (Å²) in [5.74, 6) is 0. The van der Waals surface area contributed by atoms with Gasteiger partial charge in [0.25, 0.3) is 0 Å². The Balaban J connectivity index is 1.77. The normalized spacial score (nSPS) is 11.5. The lowest BCUT2D eigenvalue weighted by atomic mass is 9.82. The molecule has 0 aromatic heterocycles. The first-order valence-corrected chi connectivity index (χ1v) is 11.8. The van der Waals surface area contributed by atoms with Crippen molar-refractivity contribution in [2.75, 3.05) is 0 Å². The number of rotatable bonds is 2. The third-order valence-electron chi connectivity index (χ3n) is 7.05.